The first kappa shape index (κ1) is 12.6. The summed E-state index contributed by atoms with van der Waals surface area (Å²) in [5.41, 5.74) is 0. The number of hydrogen-bond donors (Lipinski definition) is 0. The molecule has 2 saturated heterocycles. The highest BCUT2D eigenvalue weighted by molar-refractivity contribution is 4.94. The molecule has 3 nitrogen and oxygen atoms in total. The van der Waals surface area contributed by atoms with Crippen LogP contribution in [0.3, 0.4) is 0 Å². The molecule has 0 aromatic rings. The first-order chi connectivity index (χ1) is 9.38. The van der Waals surface area contributed by atoms with Crippen LogP contribution in [-0.4, -0.2) is 49.5 Å². The molecule has 3 atom stereocenters. The third kappa shape index (κ3) is 3.14. The lowest BCUT2D eigenvalue weighted by Crippen LogP contribution is -2.44. The summed E-state index contributed by atoms with van der Waals surface area (Å²) >= 11 is 0. The molecule has 2 heterocycles. The molecule has 0 amide bonds. The highest BCUT2D eigenvalue weighted by Gasteiger charge is 2.41. The van der Waals surface area contributed by atoms with Crippen LogP contribution in [0.1, 0.15) is 44.9 Å². The van der Waals surface area contributed by atoms with Gasteiger partial charge in [-0.05, 0) is 56.8 Å². The molecule has 3 heteroatoms. The molecule has 0 unspecified atom stereocenters. The van der Waals surface area contributed by atoms with Gasteiger partial charge in [-0.15, -0.1) is 0 Å². The average molecular weight is 265 g/mol. The Hall–Kier alpha value is -0.120. The largest absolute Gasteiger partial charge is 0.378 e. The van der Waals surface area contributed by atoms with E-state index in [1.165, 1.54) is 58.0 Å². The minimum atomic E-state index is 0.376. The fraction of sp³-hybridized carbons (Fsp3) is 1.00. The Kier molecular flexibility index (Phi) is 3.55. The first-order valence-electron chi connectivity index (χ1n) is 8.36. The molecule has 2 aliphatic carbocycles. The Balaban J connectivity index is 1.22. The van der Waals surface area contributed by atoms with Crippen LogP contribution in [0.4, 0.5) is 0 Å². The lowest BCUT2D eigenvalue weighted by molar-refractivity contribution is -0.100. The molecular weight excluding hydrogens is 238 g/mol. The fourth-order valence-corrected chi connectivity index (χ4v) is 3.72. The summed E-state index contributed by atoms with van der Waals surface area (Å²) in [6.45, 7) is 4.42. The van der Waals surface area contributed by atoms with Crippen molar-refractivity contribution in [1.82, 2.24) is 4.90 Å². The van der Waals surface area contributed by atoms with E-state index >= 15 is 0 Å². The summed E-state index contributed by atoms with van der Waals surface area (Å²) in [4.78, 5) is 2.71. The SMILES string of the molecule is C1CC1COC[C@H]1CC[C@@H]2[C@@H](CCN2CC2CC2)O1. The minimum absolute atomic E-state index is 0.376. The molecular formula is C16H27NO2. The zero-order valence-electron chi connectivity index (χ0n) is 11.9. The number of fused-ring (bicyclic) bond motifs is 1. The van der Waals surface area contributed by atoms with Crippen molar-refractivity contribution < 1.29 is 9.47 Å². The van der Waals surface area contributed by atoms with E-state index in [1.54, 1.807) is 0 Å². The Bertz CT molecular complexity index is 314. The smallest absolute Gasteiger partial charge is 0.0813 e. The Morgan fingerprint density at radius 2 is 1.74 bits per heavy atom. The normalized spacial score (nSPS) is 39.5. The summed E-state index contributed by atoms with van der Waals surface area (Å²) in [6, 6.07) is 0.722. The van der Waals surface area contributed by atoms with Crippen LogP contribution < -0.4 is 0 Å². The summed E-state index contributed by atoms with van der Waals surface area (Å²) in [5, 5.41) is 0. The predicted octanol–water partition coefficient (Wildman–Crippen LogP) is 2.44. The minimum Gasteiger partial charge on any atom is -0.378 e. The molecule has 2 saturated carbocycles. The summed E-state index contributed by atoms with van der Waals surface area (Å²) < 4.78 is 12.1. The van der Waals surface area contributed by atoms with Crippen molar-refractivity contribution in [3.05, 3.63) is 0 Å². The van der Waals surface area contributed by atoms with Gasteiger partial charge in [-0.25, -0.2) is 0 Å². The number of likely N-dealkylation sites (tertiary alicyclic amines) is 1. The van der Waals surface area contributed by atoms with Crippen LogP contribution in [0.2, 0.25) is 0 Å². The summed E-state index contributed by atoms with van der Waals surface area (Å²) in [5.74, 6) is 1.88. The molecule has 4 fully saturated rings. The van der Waals surface area contributed by atoms with Gasteiger partial charge in [0, 0.05) is 25.7 Å². The molecule has 0 N–H and O–H groups in total. The van der Waals surface area contributed by atoms with Crippen LogP contribution in [-0.2, 0) is 9.47 Å². The van der Waals surface area contributed by atoms with E-state index < -0.39 is 0 Å². The molecule has 0 radical (unpaired) electrons. The van der Waals surface area contributed by atoms with Crippen molar-refractivity contribution in [3.63, 3.8) is 0 Å². The quantitative estimate of drug-likeness (QED) is 0.736. The van der Waals surface area contributed by atoms with Crippen molar-refractivity contribution in [2.75, 3.05) is 26.3 Å². The topological polar surface area (TPSA) is 21.7 Å². The molecule has 0 bridgehead atoms. The van der Waals surface area contributed by atoms with E-state index in [-0.39, 0.29) is 0 Å². The van der Waals surface area contributed by atoms with Crippen molar-refractivity contribution in [1.29, 1.82) is 0 Å². The van der Waals surface area contributed by atoms with Gasteiger partial charge >= 0.3 is 0 Å². The van der Waals surface area contributed by atoms with Crippen molar-refractivity contribution >= 4 is 0 Å². The molecule has 4 rings (SSSR count). The van der Waals surface area contributed by atoms with Gasteiger partial charge in [-0.1, -0.05) is 0 Å². The van der Waals surface area contributed by atoms with Gasteiger partial charge in [0.15, 0.2) is 0 Å². The Morgan fingerprint density at radius 3 is 2.53 bits per heavy atom. The maximum absolute atomic E-state index is 6.28. The standard InChI is InChI=1S/C16H27NO2/c1-2-12(1)9-17-8-7-16-15(17)6-5-14(19-16)11-18-10-13-3-4-13/h12-16H,1-11H2/t14-,15-,16-/m1/s1. The van der Waals surface area contributed by atoms with E-state index in [0.717, 1.165) is 31.1 Å². The highest BCUT2D eigenvalue weighted by Crippen LogP contribution is 2.36. The van der Waals surface area contributed by atoms with Crippen molar-refractivity contribution in [2.24, 2.45) is 11.8 Å². The van der Waals surface area contributed by atoms with Crippen LogP contribution in [0.5, 0.6) is 0 Å². The maximum atomic E-state index is 6.28. The second-order valence-corrected chi connectivity index (χ2v) is 7.15. The van der Waals surface area contributed by atoms with Gasteiger partial charge in [0.2, 0.25) is 0 Å². The fourth-order valence-electron chi connectivity index (χ4n) is 3.72. The number of hydrogen-bond acceptors (Lipinski definition) is 3. The van der Waals surface area contributed by atoms with Gasteiger partial charge in [-0.3, -0.25) is 4.90 Å². The van der Waals surface area contributed by atoms with E-state index in [4.69, 9.17) is 9.47 Å². The Labute approximate surface area is 116 Å². The van der Waals surface area contributed by atoms with E-state index in [0.29, 0.717) is 12.2 Å². The predicted molar refractivity (Wildman–Crippen MR) is 74.1 cm³/mol. The van der Waals surface area contributed by atoms with E-state index in [2.05, 4.69) is 4.90 Å². The van der Waals surface area contributed by atoms with E-state index in [1.807, 2.05) is 0 Å². The van der Waals surface area contributed by atoms with Gasteiger partial charge in [0.1, 0.15) is 0 Å². The maximum Gasteiger partial charge on any atom is 0.0813 e. The van der Waals surface area contributed by atoms with E-state index in [9.17, 15) is 0 Å². The van der Waals surface area contributed by atoms with Gasteiger partial charge in [0.25, 0.3) is 0 Å². The van der Waals surface area contributed by atoms with Crippen LogP contribution in [0, 0.1) is 11.8 Å². The number of ether oxygens (including phenoxy) is 2. The molecule has 0 aromatic carbocycles. The van der Waals surface area contributed by atoms with Gasteiger partial charge in [0.05, 0.1) is 18.8 Å². The van der Waals surface area contributed by atoms with Crippen LogP contribution in [0.15, 0.2) is 0 Å². The molecule has 2 aliphatic heterocycles. The number of nitrogens with zero attached hydrogens (tertiary/aromatic N) is 1. The van der Waals surface area contributed by atoms with Gasteiger partial charge in [-0.2, -0.15) is 0 Å². The lowest BCUT2D eigenvalue weighted by atomic mass is 9.99. The van der Waals surface area contributed by atoms with Gasteiger partial charge < -0.3 is 9.47 Å². The summed E-state index contributed by atoms with van der Waals surface area (Å²) in [6.07, 6.45) is 10.3. The average Bonchev–Trinajstić information content (AvgIpc) is 3.31. The highest BCUT2D eigenvalue weighted by atomic mass is 16.5. The monoisotopic (exact) mass is 265 g/mol. The number of rotatable bonds is 6. The third-order valence-corrected chi connectivity index (χ3v) is 5.29. The molecule has 0 aromatic heterocycles. The molecule has 0 spiro atoms. The van der Waals surface area contributed by atoms with Crippen LogP contribution in [0.25, 0.3) is 0 Å². The zero-order valence-corrected chi connectivity index (χ0v) is 11.9. The first-order valence-corrected chi connectivity index (χ1v) is 8.36. The van der Waals surface area contributed by atoms with Crippen LogP contribution >= 0.6 is 0 Å². The molecule has 4 aliphatic rings. The molecule has 19 heavy (non-hydrogen) atoms. The summed E-state index contributed by atoms with van der Waals surface area (Å²) in [7, 11) is 0. The molecule has 108 valence electrons. The Morgan fingerprint density at radius 1 is 0.895 bits per heavy atom. The second-order valence-electron chi connectivity index (χ2n) is 7.15. The van der Waals surface area contributed by atoms with Crippen molar-refractivity contribution in [3.8, 4) is 0 Å². The van der Waals surface area contributed by atoms with Crippen molar-refractivity contribution in [2.45, 2.75) is 63.2 Å². The second kappa shape index (κ2) is 5.34. The zero-order chi connectivity index (χ0) is 12.7. The lowest BCUT2D eigenvalue weighted by Gasteiger charge is -2.36. The third-order valence-electron chi connectivity index (χ3n) is 5.29.